The van der Waals surface area contributed by atoms with Gasteiger partial charge in [-0.3, -0.25) is 9.10 Å². The normalized spacial score (nSPS) is 11.0. The van der Waals surface area contributed by atoms with Gasteiger partial charge in [-0.2, -0.15) is 0 Å². The van der Waals surface area contributed by atoms with Gasteiger partial charge in [0.25, 0.3) is 0 Å². The van der Waals surface area contributed by atoms with E-state index in [9.17, 15) is 18.0 Å². The van der Waals surface area contributed by atoms with Gasteiger partial charge in [0, 0.05) is 4.90 Å². The molecule has 160 valence electrons. The molecule has 0 fully saturated rings. The van der Waals surface area contributed by atoms with E-state index in [2.05, 4.69) is 10.1 Å². The average molecular weight is 469 g/mol. The zero-order valence-corrected chi connectivity index (χ0v) is 18.6. The number of nitrogens with zero attached hydrogens (tertiary/aromatic N) is 1. The Morgan fingerprint density at radius 1 is 1.10 bits per heavy atom. The maximum absolute atomic E-state index is 12.6. The second kappa shape index (κ2) is 11.5. The second-order valence-electron chi connectivity index (χ2n) is 5.58. The molecular weight excluding hydrogens is 448 g/mol. The lowest BCUT2D eigenvalue weighted by Crippen LogP contribution is -2.20. The predicted molar refractivity (Wildman–Crippen MR) is 113 cm³/mol. The summed E-state index contributed by atoms with van der Waals surface area (Å²) >= 11 is 13.0. The van der Waals surface area contributed by atoms with Crippen LogP contribution in [0.4, 0.5) is 18.9 Å². The van der Waals surface area contributed by atoms with Crippen molar-refractivity contribution in [2.45, 2.75) is 31.5 Å². The minimum atomic E-state index is -4.88. The van der Waals surface area contributed by atoms with Gasteiger partial charge in [0.05, 0.1) is 22.2 Å². The van der Waals surface area contributed by atoms with Gasteiger partial charge in [-0.05, 0) is 61.9 Å². The van der Waals surface area contributed by atoms with Gasteiger partial charge in [-0.25, -0.2) is 0 Å². The SMILES string of the molecule is CC.CN(C)Sc1ccc(OC(F)(F)F)c(NC(=O)Cc2ccc(Cl)c(Cl)c2)c1. The number of nitrogens with one attached hydrogen (secondary N) is 1. The summed E-state index contributed by atoms with van der Waals surface area (Å²) in [6.07, 6.45) is -4.97. The third-order valence-corrected chi connectivity index (χ3v) is 4.66. The van der Waals surface area contributed by atoms with Gasteiger partial charge >= 0.3 is 6.36 Å². The minimum absolute atomic E-state index is 0.0794. The Hall–Kier alpha value is -1.61. The van der Waals surface area contributed by atoms with Crippen molar-refractivity contribution in [3.8, 4) is 5.75 Å². The largest absolute Gasteiger partial charge is 0.573 e. The van der Waals surface area contributed by atoms with Gasteiger partial charge in [0.15, 0.2) is 5.75 Å². The van der Waals surface area contributed by atoms with Crippen LogP contribution in [0.5, 0.6) is 5.75 Å². The van der Waals surface area contributed by atoms with Crippen LogP contribution in [-0.2, 0) is 11.2 Å². The van der Waals surface area contributed by atoms with Gasteiger partial charge < -0.3 is 10.1 Å². The van der Waals surface area contributed by atoms with Crippen molar-refractivity contribution in [3.05, 3.63) is 52.0 Å². The molecule has 0 aliphatic heterocycles. The Balaban J connectivity index is 0.00000204. The highest BCUT2D eigenvalue weighted by Crippen LogP contribution is 2.34. The van der Waals surface area contributed by atoms with Crippen molar-refractivity contribution in [1.82, 2.24) is 4.31 Å². The summed E-state index contributed by atoms with van der Waals surface area (Å²) in [4.78, 5) is 12.9. The maximum atomic E-state index is 12.6. The van der Waals surface area contributed by atoms with Gasteiger partial charge in [-0.15, -0.1) is 13.2 Å². The number of rotatable bonds is 6. The number of carbonyl (C=O) groups is 1. The van der Waals surface area contributed by atoms with Crippen LogP contribution in [0.3, 0.4) is 0 Å². The summed E-state index contributed by atoms with van der Waals surface area (Å²) in [6, 6.07) is 8.72. The van der Waals surface area contributed by atoms with Gasteiger partial charge in [0.1, 0.15) is 0 Å². The Morgan fingerprint density at radius 3 is 2.31 bits per heavy atom. The van der Waals surface area contributed by atoms with E-state index in [1.807, 2.05) is 13.8 Å². The van der Waals surface area contributed by atoms with E-state index in [4.69, 9.17) is 23.2 Å². The molecule has 4 nitrogen and oxygen atoms in total. The number of hydrogen-bond donors (Lipinski definition) is 1. The Kier molecular flexibility index (Phi) is 10.1. The molecule has 0 aliphatic carbocycles. The molecule has 0 heterocycles. The molecular formula is C19H21Cl2F3N2O2S. The standard InChI is InChI=1S/C17H15Cl2F3N2O2S.C2H6/c1-24(2)27-11-4-6-15(26-17(20,21)22)14(9-11)23-16(25)8-10-3-5-12(18)13(19)7-10;1-2/h3-7,9H,8H2,1-2H3,(H,23,25);1-2H3. The number of ether oxygens (including phenoxy) is 1. The molecule has 0 atom stereocenters. The monoisotopic (exact) mass is 468 g/mol. The molecule has 0 saturated carbocycles. The fraction of sp³-hybridized carbons (Fsp3) is 0.316. The van der Waals surface area contributed by atoms with E-state index >= 15 is 0 Å². The number of amides is 1. The first-order valence-corrected chi connectivity index (χ1v) is 10.1. The van der Waals surface area contributed by atoms with Crippen molar-refractivity contribution < 1.29 is 22.7 Å². The lowest BCUT2D eigenvalue weighted by atomic mass is 10.1. The van der Waals surface area contributed by atoms with Crippen molar-refractivity contribution in [3.63, 3.8) is 0 Å². The Bertz CT molecular complexity index is 834. The smallest absolute Gasteiger partial charge is 0.404 e. The summed E-state index contributed by atoms with van der Waals surface area (Å²) in [6.45, 7) is 4.00. The number of anilines is 1. The number of alkyl halides is 3. The zero-order valence-electron chi connectivity index (χ0n) is 16.2. The van der Waals surface area contributed by atoms with Crippen molar-refractivity contribution in [1.29, 1.82) is 0 Å². The molecule has 0 spiro atoms. The summed E-state index contributed by atoms with van der Waals surface area (Å²) < 4.78 is 43.6. The molecule has 1 amide bonds. The van der Waals surface area contributed by atoms with Crippen LogP contribution in [-0.4, -0.2) is 30.7 Å². The predicted octanol–water partition coefficient (Wildman–Crippen LogP) is 6.67. The van der Waals surface area contributed by atoms with Crippen LogP contribution in [0, 0.1) is 0 Å². The fourth-order valence-corrected chi connectivity index (χ4v) is 3.16. The first-order valence-electron chi connectivity index (χ1n) is 8.52. The van der Waals surface area contributed by atoms with E-state index in [0.29, 0.717) is 15.5 Å². The van der Waals surface area contributed by atoms with Crippen LogP contribution >= 0.6 is 35.1 Å². The molecule has 0 radical (unpaired) electrons. The number of carbonyl (C=O) groups excluding carboxylic acids is 1. The van der Waals surface area contributed by atoms with Crippen LogP contribution in [0.15, 0.2) is 41.3 Å². The lowest BCUT2D eigenvalue weighted by Gasteiger charge is -2.16. The molecule has 0 aliphatic rings. The summed E-state index contributed by atoms with van der Waals surface area (Å²) in [7, 11) is 3.57. The van der Waals surface area contributed by atoms with E-state index in [1.54, 1.807) is 30.5 Å². The molecule has 0 saturated heterocycles. The van der Waals surface area contributed by atoms with Gasteiger partial charge in [0.2, 0.25) is 5.91 Å². The zero-order chi connectivity index (χ0) is 22.2. The summed E-state index contributed by atoms with van der Waals surface area (Å²) in [5.41, 5.74) is 0.489. The third-order valence-electron chi connectivity index (χ3n) is 3.09. The number of halogens is 5. The molecule has 0 unspecified atom stereocenters. The van der Waals surface area contributed by atoms with Crippen LogP contribution < -0.4 is 10.1 Å². The summed E-state index contributed by atoms with van der Waals surface area (Å²) in [5.74, 6) is -1.01. The minimum Gasteiger partial charge on any atom is -0.404 e. The van der Waals surface area contributed by atoms with E-state index in [-0.39, 0.29) is 17.1 Å². The van der Waals surface area contributed by atoms with Crippen LogP contribution in [0.2, 0.25) is 10.0 Å². The average Bonchev–Trinajstić information content (AvgIpc) is 2.60. The van der Waals surface area contributed by atoms with Crippen molar-refractivity contribution >= 4 is 46.7 Å². The Labute approximate surface area is 182 Å². The molecule has 29 heavy (non-hydrogen) atoms. The number of benzene rings is 2. The van der Waals surface area contributed by atoms with Crippen LogP contribution in [0.25, 0.3) is 0 Å². The first-order chi connectivity index (χ1) is 13.5. The van der Waals surface area contributed by atoms with Gasteiger partial charge in [-0.1, -0.05) is 43.1 Å². The molecule has 0 bridgehead atoms. The first kappa shape index (κ1) is 25.4. The van der Waals surface area contributed by atoms with Crippen LogP contribution in [0.1, 0.15) is 19.4 Å². The van der Waals surface area contributed by atoms with E-state index in [1.165, 1.54) is 30.1 Å². The second-order valence-corrected chi connectivity index (χ2v) is 7.78. The quantitative estimate of drug-likeness (QED) is 0.480. The Morgan fingerprint density at radius 2 is 1.76 bits per heavy atom. The molecule has 10 heteroatoms. The van der Waals surface area contributed by atoms with Crippen molar-refractivity contribution in [2.24, 2.45) is 0 Å². The lowest BCUT2D eigenvalue weighted by molar-refractivity contribution is -0.274. The molecule has 1 N–H and O–H groups in total. The highest BCUT2D eigenvalue weighted by Gasteiger charge is 2.32. The van der Waals surface area contributed by atoms with Crippen molar-refractivity contribution in [2.75, 3.05) is 19.4 Å². The fourth-order valence-electron chi connectivity index (χ4n) is 2.12. The highest BCUT2D eigenvalue weighted by molar-refractivity contribution is 7.97. The third kappa shape index (κ3) is 9.16. The molecule has 2 rings (SSSR count). The topological polar surface area (TPSA) is 41.6 Å². The molecule has 2 aromatic carbocycles. The van der Waals surface area contributed by atoms with E-state index in [0.717, 1.165) is 6.07 Å². The molecule has 0 aromatic heterocycles. The maximum Gasteiger partial charge on any atom is 0.573 e. The number of hydrogen-bond acceptors (Lipinski definition) is 4. The highest BCUT2D eigenvalue weighted by atomic mass is 35.5. The summed E-state index contributed by atoms with van der Waals surface area (Å²) in [5, 5.41) is 3.08. The van der Waals surface area contributed by atoms with E-state index < -0.39 is 18.0 Å². The molecule has 2 aromatic rings.